The second-order valence-electron chi connectivity index (χ2n) is 5.94. The van der Waals surface area contributed by atoms with Gasteiger partial charge in [-0.1, -0.05) is 47.1 Å². The molecular formula is C19H16Cl2FN3O2S. The summed E-state index contributed by atoms with van der Waals surface area (Å²) in [4.78, 5) is 31.1. The second kappa shape index (κ2) is 8.94. The van der Waals surface area contributed by atoms with Crippen molar-refractivity contribution in [2.45, 2.75) is 18.6 Å². The quantitative estimate of drug-likeness (QED) is 0.719. The summed E-state index contributed by atoms with van der Waals surface area (Å²) < 4.78 is 13.8. The maximum atomic E-state index is 13.8. The number of para-hydroxylation sites is 1. The summed E-state index contributed by atoms with van der Waals surface area (Å²) in [7, 11) is 0. The van der Waals surface area contributed by atoms with Gasteiger partial charge in [-0.15, -0.1) is 0 Å². The monoisotopic (exact) mass is 439 g/mol. The molecule has 1 N–H and O–H groups in total. The minimum Gasteiger partial charge on any atom is -0.323 e. The molecule has 1 unspecified atom stereocenters. The number of nitrogens with zero attached hydrogens (tertiary/aromatic N) is 2. The molecule has 2 aromatic carbocycles. The summed E-state index contributed by atoms with van der Waals surface area (Å²) in [5.41, 5.74) is 0.542. The Kier molecular flexibility index (Phi) is 6.59. The Morgan fingerprint density at radius 2 is 1.96 bits per heavy atom. The summed E-state index contributed by atoms with van der Waals surface area (Å²) in [5, 5.41) is 2.99. The van der Waals surface area contributed by atoms with Gasteiger partial charge in [-0.05, 0) is 37.3 Å². The van der Waals surface area contributed by atoms with Crippen LogP contribution in [-0.4, -0.2) is 33.7 Å². The number of thioether (sulfide) groups is 1. The first kappa shape index (κ1) is 20.6. The van der Waals surface area contributed by atoms with Gasteiger partial charge in [0.15, 0.2) is 5.17 Å². The normalized spacial score (nSPS) is 18.4. The molecule has 2 aromatic rings. The number of amidine groups is 1. The minimum absolute atomic E-state index is 0.00584. The van der Waals surface area contributed by atoms with E-state index in [0.717, 1.165) is 11.8 Å². The molecule has 0 aliphatic carbocycles. The number of aliphatic imine (C=N–C) groups is 1. The molecule has 1 fully saturated rings. The van der Waals surface area contributed by atoms with Crippen LogP contribution in [0.3, 0.4) is 0 Å². The molecular weight excluding hydrogens is 424 g/mol. The molecule has 146 valence electrons. The fourth-order valence-corrected chi connectivity index (χ4v) is 4.32. The zero-order chi connectivity index (χ0) is 20.3. The molecule has 1 atom stereocenters. The number of anilines is 1. The van der Waals surface area contributed by atoms with E-state index in [9.17, 15) is 14.0 Å². The van der Waals surface area contributed by atoms with Gasteiger partial charge in [0.2, 0.25) is 11.8 Å². The highest BCUT2D eigenvalue weighted by atomic mass is 35.5. The van der Waals surface area contributed by atoms with E-state index >= 15 is 0 Å². The number of nitrogens with one attached hydrogen (secondary N) is 1. The van der Waals surface area contributed by atoms with E-state index in [1.165, 1.54) is 23.1 Å². The number of hydrogen-bond donors (Lipinski definition) is 1. The van der Waals surface area contributed by atoms with Crippen molar-refractivity contribution >= 4 is 63.3 Å². The van der Waals surface area contributed by atoms with Gasteiger partial charge in [0, 0.05) is 23.0 Å². The van der Waals surface area contributed by atoms with Crippen LogP contribution in [0, 0.1) is 5.82 Å². The Morgan fingerprint density at radius 1 is 1.29 bits per heavy atom. The van der Waals surface area contributed by atoms with Gasteiger partial charge in [0.05, 0.1) is 11.4 Å². The van der Waals surface area contributed by atoms with E-state index in [2.05, 4.69) is 10.3 Å². The number of halogens is 3. The summed E-state index contributed by atoms with van der Waals surface area (Å²) in [6, 6.07) is 10.7. The molecule has 1 saturated heterocycles. The van der Waals surface area contributed by atoms with Crippen LogP contribution < -0.4 is 5.32 Å². The van der Waals surface area contributed by atoms with Crippen LogP contribution in [0.25, 0.3) is 0 Å². The van der Waals surface area contributed by atoms with Gasteiger partial charge >= 0.3 is 0 Å². The number of hydrogen-bond acceptors (Lipinski definition) is 4. The lowest BCUT2D eigenvalue weighted by Gasteiger charge is -2.31. The maximum Gasteiger partial charge on any atom is 0.238 e. The Balaban J connectivity index is 1.85. The number of amides is 2. The molecule has 3 rings (SSSR count). The van der Waals surface area contributed by atoms with Crippen molar-refractivity contribution in [3.63, 3.8) is 0 Å². The fraction of sp³-hybridized carbons (Fsp3) is 0.211. The molecule has 0 aromatic heterocycles. The lowest BCUT2D eigenvalue weighted by molar-refractivity contribution is -0.129. The fourth-order valence-electron chi connectivity index (χ4n) is 2.64. The molecule has 0 bridgehead atoms. The molecule has 0 radical (unpaired) electrons. The van der Waals surface area contributed by atoms with Crippen molar-refractivity contribution in [2.75, 3.05) is 11.9 Å². The lowest BCUT2D eigenvalue weighted by Crippen LogP contribution is -2.45. The van der Waals surface area contributed by atoms with Crippen LogP contribution in [0.5, 0.6) is 0 Å². The van der Waals surface area contributed by atoms with E-state index in [-0.39, 0.29) is 18.0 Å². The Bertz CT molecular complexity index is 934. The topological polar surface area (TPSA) is 61.8 Å². The average molecular weight is 440 g/mol. The third kappa shape index (κ3) is 4.84. The Hall–Kier alpha value is -2.09. The van der Waals surface area contributed by atoms with Gasteiger partial charge in [-0.25, -0.2) is 9.38 Å². The molecule has 2 amide bonds. The molecule has 0 spiro atoms. The third-order valence-electron chi connectivity index (χ3n) is 3.95. The maximum absolute atomic E-state index is 13.8. The first-order chi connectivity index (χ1) is 13.4. The van der Waals surface area contributed by atoms with Crippen molar-refractivity contribution in [2.24, 2.45) is 4.99 Å². The Morgan fingerprint density at radius 3 is 2.61 bits per heavy atom. The van der Waals surface area contributed by atoms with Gasteiger partial charge in [-0.2, -0.15) is 0 Å². The number of carbonyl (C=O) groups is 2. The van der Waals surface area contributed by atoms with Crippen molar-refractivity contribution in [3.05, 3.63) is 58.3 Å². The van der Waals surface area contributed by atoms with Crippen molar-refractivity contribution in [1.29, 1.82) is 0 Å². The highest BCUT2D eigenvalue weighted by Crippen LogP contribution is 2.31. The highest BCUT2D eigenvalue weighted by molar-refractivity contribution is 8.15. The summed E-state index contributed by atoms with van der Waals surface area (Å²) in [6.45, 7) is 2.22. The Labute approximate surface area is 175 Å². The van der Waals surface area contributed by atoms with E-state index in [1.54, 1.807) is 24.3 Å². The average Bonchev–Trinajstić information content (AvgIpc) is 2.62. The highest BCUT2D eigenvalue weighted by Gasteiger charge is 2.35. The summed E-state index contributed by atoms with van der Waals surface area (Å²) in [6.07, 6.45) is -0.00584. The molecule has 1 aliphatic rings. The summed E-state index contributed by atoms with van der Waals surface area (Å²) in [5.74, 6) is -1.24. The summed E-state index contributed by atoms with van der Waals surface area (Å²) >= 11 is 13.2. The van der Waals surface area contributed by atoms with E-state index in [0.29, 0.717) is 27.4 Å². The van der Waals surface area contributed by atoms with Crippen LogP contribution in [-0.2, 0) is 9.59 Å². The molecule has 9 heteroatoms. The van der Waals surface area contributed by atoms with Crippen LogP contribution in [0.4, 0.5) is 15.8 Å². The first-order valence-corrected chi connectivity index (χ1v) is 10.1. The minimum atomic E-state index is -0.733. The van der Waals surface area contributed by atoms with Gasteiger partial charge < -0.3 is 5.32 Å². The van der Waals surface area contributed by atoms with Crippen molar-refractivity contribution in [3.8, 4) is 0 Å². The van der Waals surface area contributed by atoms with Gasteiger partial charge in [0.25, 0.3) is 0 Å². The van der Waals surface area contributed by atoms with Crippen LogP contribution in [0.15, 0.2) is 47.5 Å². The number of carbonyl (C=O) groups excluding carboxylic acids is 2. The molecule has 0 saturated carbocycles. The van der Waals surface area contributed by atoms with E-state index in [1.807, 2.05) is 6.92 Å². The van der Waals surface area contributed by atoms with E-state index in [4.69, 9.17) is 23.2 Å². The first-order valence-electron chi connectivity index (χ1n) is 8.44. The predicted octanol–water partition coefficient (Wildman–Crippen LogP) is 5.11. The van der Waals surface area contributed by atoms with Crippen molar-refractivity contribution in [1.82, 2.24) is 4.90 Å². The zero-order valence-corrected chi connectivity index (χ0v) is 17.1. The smallest absolute Gasteiger partial charge is 0.238 e. The number of rotatable bonds is 4. The van der Waals surface area contributed by atoms with Crippen LogP contribution in [0.2, 0.25) is 10.0 Å². The standard InChI is InChI=1S/C19H16Cl2FN3O2S/c1-2-25-17(26)10-16(18(27)24-15-6-4-3-5-14(15)22)28-19(25)23-13-8-11(20)7-12(21)9-13/h3-9,16H,2,10H2,1H3,(H,24,27). The third-order valence-corrected chi connectivity index (χ3v) is 5.58. The van der Waals surface area contributed by atoms with Gasteiger partial charge in [-0.3, -0.25) is 14.5 Å². The molecule has 5 nitrogen and oxygen atoms in total. The van der Waals surface area contributed by atoms with Crippen LogP contribution >= 0.6 is 35.0 Å². The van der Waals surface area contributed by atoms with E-state index < -0.39 is 17.0 Å². The second-order valence-corrected chi connectivity index (χ2v) is 7.98. The zero-order valence-electron chi connectivity index (χ0n) is 14.8. The number of benzene rings is 2. The van der Waals surface area contributed by atoms with Gasteiger partial charge in [0.1, 0.15) is 11.1 Å². The largest absolute Gasteiger partial charge is 0.323 e. The lowest BCUT2D eigenvalue weighted by atomic mass is 10.2. The van der Waals surface area contributed by atoms with Crippen molar-refractivity contribution < 1.29 is 14.0 Å². The van der Waals surface area contributed by atoms with Crippen LogP contribution in [0.1, 0.15) is 13.3 Å². The molecule has 1 aliphatic heterocycles. The SMILES string of the molecule is CCN1C(=O)CC(C(=O)Nc2ccccc2F)SC1=Nc1cc(Cl)cc(Cl)c1. The predicted molar refractivity (Wildman–Crippen MR) is 112 cm³/mol. The molecule has 28 heavy (non-hydrogen) atoms. The molecule has 1 heterocycles.